The molecule has 2 aromatic rings. The molecule has 1 amide bonds. The predicted octanol–water partition coefficient (Wildman–Crippen LogP) is 3.28. The second kappa shape index (κ2) is 6.67. The van der Waals surface area contributed by atoms with Crippen LogP contribution in [0.15, 0.2) is 47.6 Å². The Balaban J connectivity index is 1.68. The molecule has 1 aromatic heterocycles. The van der Waals surface area contributed by atoms with Gasteiger partial charge in [-0.3, -0.25) is 9.79 Å². The van der Waals surface area contributed by atoms with E-state index in [0.29, 0.717) is 12.1 Å². The van der Waals surface area contributed by atoms with Crippen molar-refractivity contribution in [2.45, 2.75) is 19.3 Å². The molecular weight excluding hydrogens is 312 g/mol. The van der Waals surface area contributed by atoms with Crippen LogP contribution in [0.1, 0.15) is 35.2 Å². The van der Waals surface area contributed by atoms with Crippen LogP contribution in [0.25, 0.3) is 0 Å². The molecule has 0 unspecified atom stereocenters. The Morgan fingerprint density at radius 1 is 1.12 bits per heavy atom. The molecule has 25 heavy (non-hydrogen) atoms. The number of aliphatic imine (C=N–C) groups is 1. The van der Waals surface area contributed by atoms with Crippen molar-refractivity contribution in [3.63, 3.8) is 0 Å². The molecule has 3 heterocycles. The fraction of sp³-hybridized carbons (Fsp3) is 0.350. The van der Waals surface area contributed by atoms with Gasteiger partial charge in [-0.25, -0.2) is 4.98 Å². The number of carbonyl (C=O) groups excluding carboxylic acids is 1. The molecule has 1 saturated heterocycles. The van der Waals surface area contributed by atoms with E-state index in [1.54, 1.807) is 13.2 Å². The van der Waals surface area contributed by atoms with Gasteiger partial charge in [-0.05, 0) is 37.5 Å². The number of para-hydroxylation sites is 1. The largest absolute Gasteiger partial charge is 0.339 e. The molecule has 0 spiro atoms. The minimum atomic E-state index is 0.0867. The Hall–Kier alpha value is -2.69. The third-order valence-corrected chi connectivity index (χ3v) is 4.97. The van der Waals surface area contributed by atoms with Crippen LogP contribution in [0.2, 0.25) is 0 Å². The molecule has 1 fully saturated rings. The zero-order chi connectivity index (χ0) is 17.2. The number of nitrogens with zero attached hydrogens (tertiary/aromatic N) is 4. The summed E-state index contributed by atoms with van der Waals surface area (Å²) < 4.78 is 0. The fourth-order valence-electron chi connectivity index (χ4n) is 3.60. The first-order valence-corrected chi connectivity index (χ1v) is 8.86. The first-order valence-electron chi connectivity index (χ1n) is 8.86. The van der Waals surface area contributed by atoms with E-state index in [4.69, 9.17) is 0 Å². The standard InChI is InChI=1S/C20H22N4O/c1-21-18-14-24(16-8-4-2-5-9-16)19-17(18)12-15(13-22-19)20(25)23-10-6-3-7-11-23/h2,4-5,8-9,12-13H,3,6-7,10-11,14H2,1H3. The Kier molecular flexibility index (Phi) is 4.22. The van der Waals surface area contributed by atoms with Crippen molar-refractivity contribution in [2.75, 3.05) is 31.6 Å². The molecule has 0 atom stereocenters. The van der Waals surface area contributed by atoms with E-state index in [1.165, 1.54) is 6.42 Å². The summed E-state index contributed by atoms with van der Waals surface area (Å²) in [6, 6.07) is 12.1. The average Bonchev–Trinajstić information content (AvgIpc) is 3.07. The lowest BCUT2D eigenvalue weighted by molar-refractivity contribution is 0.0724. The second-order valence-corrected chi connectivity index (χ2v) is 6.54. The van der Waals surface area contributed by atoms with Crippen molar-refractivity contribution in [3.05, 3.63) is 53.7 Å². The van der Waals surface area contributed by atoms with Crippen LogP contribution in [0.4, 0.5) is 11.5 Å². The van der Waals surface area contributed by atoms with Gasteiger partial charge in [0.25, 0.3) is 5.91 Å². The summed E-state index contributed by atoms with van der Waals surface area (Å²) in [5, 5.41) is 0. The summed E-state index contributed by atoms with van der Waals surface area (Å²) >= 11 is 0. The normalized spacial score (nSPS) is 18.5. The molecule has 0 saturated carbocycles. The van der Waals surface area contributed by atoms with E-state index in [-0.39, 0.29) is 5.91 Å². The lowest BCUT2D eigenvalue weighted by Gasteiger charge is -2.26. The number of anilines is 2. The number of benzene rings is 1. The molecular formula is C20H22N4O. The Morgan fingerprint density at radius 3 is 2.60 bits per heavy atom. The number of piperidine rings is 1. The zero-order valence-electron chi connectivity index (χ0n) is 14.5. The maximum Gasteiger partial charge on any atom is 0.255 e. The van der Waals surface area contributed by atoms with Gasteiger partial charge < -0.3 is 9.80 Å². The minimum absolute atomic E-state index is 0.0867. The number of hydrogen-bond donors (Lipinski definition) is 0. The van der Waals surface area contributed by atoms with Crippen molar-refractivity contribution in [1.29, 1.82) is 0 Å². The molecule has 0 aliphatic carbocycles. The van der Waals surface area contributed by atoms with E-state index in [0.717, 1.165) is 48.7 Å². The Bertz CT molecular complexity index is 810. The van der Waals surface area contributed by atoms with Gasteiger partial charge in [0, 0.05) is 37.6 Å². The average molecular weight is 334 g/mol. The zero-order valence-corrected chi connectivity index (χ0v) is 14.5. The number of pyridine rings is 1. The Morgan fingerprint density at radius 2 is 1.88 bits per heavy atom. The fourth-order valence-corrected chi connectivity index (χ4v) is 3.60. The molecule has 128 valence electrons. The number of aromatic nitrogens is 1. The van der Waals surface area contributed by atoms with Crippen LogP contribution >= 0.6 is 0 Å². The molecule has 0 radical (unpaired) electrons. The van der Waals surface area contributed by atoms with Crippen molar-refractivity contribution < 1.29 is 4.79 Å². The van der Waals surface area contributed by atoms with Crippen LogP contribution in [0, 0.1) is 0 Å². The molecule has 1 aromatic carbocycles. The SMILES string of the molecule is CN=C1CN(c2ccccc2)c2ncc(C(=O)N3CCCCC3)cc21. The van der Waals surface area contributed by atoms with Gasteiger partial charge in [0.15, 0.2) is 0 Å². The van der Waals surface area contributed by atoms with Gasteiger partial charge in [-0.1, -0.05) is 18.2 Å². The topological polar surface area (TPSA) is 48.8 Å². The van der Waals surface area contributed by atoms with Crippen molar-refractivity contribution in [3.8, 4) is 0 Å². The molecule has 2 aliphatic heterocycles. The highest BCUT2D eigenvalue weighted by molar-refractivity contribution is 6.13. The van der Waals surface area contributed by atoms with Gasteiger partial charge in [0.05, 0.1) is 17.8 Å². The van der Waals surface area contributed by atoms with E-state index in [9.17, 15) is 4.79 Å². The van der Waals surface area contributed by atoms with Crippen molar-refractivity contribution >= 4 is 23.1 Å². The number of likely N-dealkylation sites (tertiary alicyclic amines) is 1. The van der Waals surface area contributed by atoms with E-state index < -0.39 is 0 Å². The summed E-state index contributed by atoms with van der Waals surface area (Å²) in [5.74, 6) is 0.964. The van der Waals surface area contributed by atoms with Gasteiger partial charge in [0.1, 0.15) is 5.82 Å². The lowest BCUT2D eigenvalue weighted by Crippen LogP contribution is -2.35. The molecule has 0 N–H and O–H groups in total. The third-order valence-electron chi connectivity index (χ3n) is 4.97. The van der Waals surface area contributed by atoms with Crippen molar-refractivity contribution in [2.24, 2.45) is 4.99 Å². The third kappa shape index (κ3) is 2.90. The number of amides is 1. The van der Waals surface area contributed by atoms with Crippen LogP contribution in [-0.2, 0) is 0 Å². The van der Waals surface area contributed by atoms with Gasteiger partial charge in [-0.2, -0.15) is 0 Å². The molecule has 4 rings (SSSR count). The summed E-state index contributed by atoms with van der Waals surface area (Å²) in [6.45, 7) is 2.38. The molecule has 2 aliphatic rings. The maximum absolute atomic E-state index is 12.8. The molecule has 5 heteroatoms. The van der Waals surface area contributed by atoms with Crippen molar-refractivity contribution in [1.82, 2.24) is 9.88 Å². The highest BCUT2D eigenvalue weighted by atomic mass is 16.2. The first-order chi connectivity index (χ1) is 12.3. The second-order valence-electron chi connectivity index (χ2n) is 6.54. The highest BCUT2D eigenvalue weighted by Gasteiger charge is 2.29. The predicted molar refractivity (Wildman–Crippen MR) is 99.9 cm³/mol. The molecule has 5 nitrogen and oxygen atoms in total. The number of hydrogen-bond acceptors (Lipinski definition) is 4. The number of rotatable bonds is 2. The Labute approximate surface area is 148 Å². The first kappa shape index (κ1) is 15.8. The van der Waals surface area contributed by atoms with Crippen LogP contribution in [0.5, 0.6) is 0 Å². The van der Waals surface area contributed by atoms with E-state index in [2.05, 4.69) is 27.0 Å². The summed E-state index contributed by atoms with van der Waals surface area (Å²) in [7, 11) is 1.80. The lowest BCUT2D eigenvalue weighted by atomic mass is 10.1. The van der Waals surface area contributed by atoms with Crippen LogP contribution in [-0.4, -0.2) is 48.2 Å². The molecule has 0 bridgehead atoms. The maximum atomic E-state index is 12.8. The summed E-state index contributed by atoms with van der Waals surface area (Å²) in [5.41, 5.74) is 3.69. The van der Waals surface area contributed by atoms with Crippen LogP contribution < -0.4 is 4.90 Å². The van der Waals surface area contributed by atoms with E-state index in [1.807, 2.05) is 29.2 Å². The number of carbonyl (C=O) groups is 1. The van der Waals surface area contributed by atoms with E-state index >= 15 is 0 Å². The summed E-state index contributed by atoms with van der Waals surface area (Å²) in [4.78, 5) is 25.9. The number of fused-ring (bicyclic) bond motifs is 1. The smallest absolute Gasteiger partial charge is 0.255 e. The summed E-state index contributed by atoms with van der Waals surface area (Å²) in [6.07, 6.45) is 5.11. The van der Waals surface area contributed by atoms with Gasteiger partial charge in [0.2, 0.25) is 0 Å². The minimum Gasteiger partial charge on any atom is -0.339 e. The monoisotopic (exact) mass is 334 g/mol. The van der Waals surface area contributed by atoms with Gasteiger partial charge >= 0.3 is 0 Å². The van der Waals surface area contributed by atoms with Crippen LogP contribution in [0.3, 0.4) is 0 Å². The quantitative estimate of drug-likeness (QED) is 0.847. The van der Waals surface area contributed by atoms with Gasteiger partial charge in [-0.15, -0.1) is 0 Å². The highest BCUT2D eigenvalue weighted by Crippen LogP contribution is 2.33.